The number of rotatable bonds is 4. The number of carbonyl (C=O) groups is 1. The van der Waals surface area contributed by atoms with Crippen LogP contribution in [0.4, 0.5) is 17.1 Å². The molecule has 120 valence electrons. The van der Waals surface area contributed by atoms with Gasteiger partial charge in [0.2, 0.25) is 0 Å². The molecule has 0 aliphatic heterocycles. The van der Waals surface area contributed by atoms with E-state index in [2.05, 4.69) is 15.7 Å². The third-order valence-electron chi connectivity index (χ3n) is 3.38. The second-order valence-electron chi connectivity index (χ2n) is 5.21. The molecule has 0 saturated carbocycles. The van der Waals surface area contributed by atoms with Crippen LogP contribution in [0, 0.1) is 0 Å². The third kappa shape index (κ3) is 3.67. The summed E-state index contributed by atoms with van der Waals surface area (Å²) in [4.78, 5) is 23.6. The Labute approximate surface area is 138 Å². The van der Waals surface area contributed by atoms with E-state index < -0.39 is 0 Å². The van der Waals surface area contributed by atoms with Crippen molar-refractivity contribution >= 4 is 23.0 Å². The minimum atomic E-state index is -0.373. The van der Waals surface area contributed by atoms with Crippen LogP contribution < -0.4 is 16.2 Å². The van der Waals surface area contributed by atoms with Crippen LogP contribution >= 0.6 is 0 Å². The minimum Gasteiger partial charge on any atom is -0.355 e. The number of aromatic nitrogens is 2. The first-order valence-electron chi connectivity index (χ1n) is 7.40. The molecule has 0 saturated heterocycles. The smallest absolute Gasteiger partial charge is 0.276 e. The molecule has 0 spiro atoms. The highest BCUT2D eigenvalue weighted by molar-refractivity contribution is 6.02. The Kier molecular flexibility index (Phi) is 4.38. The number of nitrogens with zero attached hydrogens (tertiary/aromatic N) is 2. The molecule has 0 unspecified atom stereocenters. The zero-order chi connectivity index (χ0) is 16.9. The van der Waals surface area contributed by atoms with Crippen LogP contribution in [-0.2, 0) is 7.05 Å². The van der Waals surface area contributed by atoms with Crippen molar-refractivity contribution in [2.24, 2.45) is 7.05 Å². The van der Waals surface area contributed by atoms with E-state index in [9.17, 15) is 9.59 Å². The standard InChI is InChI=1S/C18H16N4O2/c1-22-17(23)11-10-16(21-22)18(24)20-15-9-5-8-14(12-15)19-13-6-3-2-4-7-13/h2-12,19H,1H3,(H,20,24). The van der Waals surface area contributed by atoms with E-state index in [0.717, 1.165) is 16.1 Å². The number of amides is 1. The van der Waals surface area contributed by atoms with E-state index >= 15 is 0 Å². The largest absolute Gasteiger partial charge is 0.355 e. The van der Waals surface area contributed by atoms with Gasteiger partial charge in [-0.25, -0.2) is 4.68 Å². The van der Waals surface area contributed by atoms with Crippen LogP contribution in [0.15, 0.2) is 71.5 Å². The average molecular weight is 320 g/mol. The maximum absolute atomic E-state index is 12.2. The van der Waals surface area contributed by atoms with Crippen molar-refractivity contribution in [2.75, 3.05) is 10.6 Å². The number of hydrogen-bond acceptors (Lipinski definition) is 4. The molecule has 0 aliphatic rings. The van der Waals surface area contributed by atoms with E-state index in [1.54, 1.807) is 6.07 Å². The van der Waals surface area contributed by atoms with Gasteiger partial charge in [-0.2, -0.15) is 5.10 Å². The van der Waals surface area contributed by atoms with Crippen molar-refractivity contribution in [1.29, 1.82) is 0 Å². The molecule has 0 bridgehead atoms. The molecule has 3 aromatic rings. The molecule has 1 heterocycles. The molecule has 2 N–H and O–H groups in total. The molecule has 1 amide bonds. The maximum atomic E-state index is 12.2. The van der Waals surface area contributed by atoms with Gasteiger partial charge in [-0.15, -0.1) is 0 Å². The molecule has 0 atom stereocenters. The topological polar surface area (TPSA) is 76.0 Å². The maximum Gasteiger partial charge on any atom is 0.276 e. The average Bonchev–Trinajstić information content (AvgIpc) is 2.58. The van der Waals surface area contributed by atoms with Gasteiger partial charge >= 0.3 is 0 Å². The Morgan fingerprint density at radius 1 is 0.917 bits per heavy atom. The number of anilines is 3. The fourth-order valence-electron chi connectivity index (χ4n) is 2.18. The summed E-state index contributed by atoms with van der Waals surface area (Å²) in [6.07, 6.45) is 0. The number of nitrogens with one attached hydrogen (secondary N) is 2. The molecule has 24 heavy (non-hydrogen) atoms. The Morgan fingerprint density at radius 2 is 1.62 bits per heavy atom. The van der Waals surface area contributed by atoms with Crippen LogP contribution in [-0.4, -0.2) is 15.7 Å². The van der Waals surface area contributed by atoms with Gasteiger partial charge < -0.3 is 10.6 Å². The van der Waals surface area contributed by atoms with Gasteiger partial charge in [0.05, 0.1) is 0 Å². The van der Waals surface area contributed by atoms with Crippen molar-refractivity contribution in [1.82, 2.24) is 9.78 Å². The van der Waals surface area contributed by atoms with E-state index in [0.29, 0.717) is 5.69 Å². The number of para-hydroxylation sites is 1. The zero-order valence-corrected chi connectivity index (χ0v) is 13.1. The van der Waals surface area contributed by atoms with Gasteiger partial charge in [-0.05, 0) is 36.4 Å². The van der Waals surface area contributed by atoms with Gasteiger partial charge in [0, 0.05) is 30.2 Å². The lowest BCUT2D eigenvalue weighted by molar-refractivity contribution is 0.102. The normalized spacial score (nSPS) is 10.2. The van der Waals surface area contributed by atoms with Gasteiger partial charge in [-0.3, -0.25) is 9.59 Å². The van der Waals surface area contributed by atoms with Gasteiger partial charge in [0.1, 0.15) is 5.69 Å². The SMILES string of the molecule is Cn1nc(C(=O)Nc2cccc(Nc3ccccc3)c2)ccc1=O. The predicted molar refractivity (Wildman–Crippen MR) is 93.6 cm³/mol. The van der Waals surface area contributed by atoms with E-state index in [4.69, 9.17) is 0 Å². The molecule has 3 rings (SSSR count). The van der Waals surface area contributed by atoms with Crippen molar-refractivity contribution in [2.45, 2.75) is 0 Å². The first kappa shape index (κ1) is 15.5. The highest BCUT2D eigenvalue weighted by atomic mass is 16.2. The summed E-state index contributed by atoms with van der Waals surface area (Å²) in [5.41, 5.74) is 2.36. The summed E-state index contributed by atoms with van der Waals surface area (Å²) in [6.45, 7) is 0. The van der Waals surface area contributed by atoms with Gasteiger partial charge in [0.15, 0.2) is 0 Å². The van der Waals surface area contributed by atoms with E-state index in [1.807, 2.05) is 48.5 Å². The predicted octanol–water partition coefficient (Wildman–Crippen LogP) is 2.78. The lowest BCUT2D eigenvalue weighted by atomic mass is 10.2. The molecule has 1 aromatic heterocycles. The summed E-state index contributed by atoms with van der Waals surface area (Å²) < 4.78 is 1.13. The summed E-state index contributed by atoms with van der Waals surface area (Å²) in [6, 6.07) is 19.8. The molecule has 0 radical (unpaired) electrons. The summed E-state index contributed by atoms with van der Waals surface area (Å²) >= 11 is 0. The fraction of sp³-hybridized carbons (Fsp3) is 0.0556. The first-order chi connectivity index (χ1) is 11.6. The van der Waals surface area contributed by atoms with Crippen LogP contribution in [0.1, 0.15) is 10.5 Å². The summed E-state index contributed by atoms with van der Waals surface area (Å²) in [7, 11) is 1.50. The molecular weight excluding hydrogens is 304 g/mol. The van der Waals surface area contributed by atoms with E-state index in [1.165, 1.54) is 19.2 Å². The molecule has 6 nitrogen and oxygen atoms in total. The minimum absolute atomic E-state index is 0.179. The van der Waals surface area contributed by atoms with Crippen LogP contribution in [0.2, 0.25) is 0 Å². The molecule has 2 aromatic carbocycles. The lowest BCUT2D eigenvalue weighted by Gasteiger charge is -2.09. The van der Waals surface area contributed by atoms with Gasteiger partial charge in [0.25, 0.3) is 11.5 Å². The van der Waals surface area contributed by atoms with E-state index in [-0.39, 0.29) is 17.2 Å². The lowest BCUT2D eigenvalue weighted by Crippen LogP contribution is -2.23. The summed E-state index contributed by atoms with van der Waals surface area (Å²) in [5.74, 6) is -0.373. The van der Waals surface area contributed by atoms with Gasteiger partial charge in [-0.1, -0.05) is 24.3 Å². The van der Waals surface area contributed by atoms with Crippen LogP contribution in [0.3, 0.4) is 0 Å². The molecular formula is C18H16N4O2. The van der Waals surface area contributed by atoms with Crippen molar-refractivity contribution < 1.29 is 4.79 Å². The Balaban J connectivity index is 1.75. The van der Waals surface area contributed by atoms with Crippen molar-refractivity contribution in [3.8, 4) is 0 Å². The van der Waals surface area contributed by atoms with Crippen LogP contribution in [0.5, 0.6) is 0 Å². The monoisotopic (exact) mass is 320 g/mol. The number of carbonyl (C=O) groups excluding carboxylic acids is 1. The fourth-order valence-corrected chi connectivity index (χ4v) is 2.18. The second-order valence-corrected chi connectivity index (χ2v) is 5.21. The summed E-state index contributed by atoms with van der Waals surface area (Å²) in [5, 5.41) is 9.97. The molecule has 0 aliphatic carbocycles. The van der Waals surface area contributed by atoms with Crippen LogP contribution in [0.25, 0.3) is 0 Å². The second kappa shape index (κ2) is 6.78. The first-order valence-corrected chi connectivity index (χ1v) is 7.40. The number of hydrogen-bond donors (Lipinski definition) is 2. The molecule has 6 heteroatoms. The Morgan fingerprint density at radius 3 is 2.38 bits per heavy atom. The Hall–Kier alpha value is -3.41. The molecule has 0 fully saturated rings. The number of aryl methyl sites for hydroxylation is 1. The van der Waals surface area contributed by atoms with Crippen molar-refractivity contribution in [3.63, 3.8) is 0 Å². The quantitative estimate of drug-likeness (QED) is 0.775. The highest BCUT2D eigenvalue weighted by Crippen LogP contribution is 2.20. The number of benzene rings is 2. The highest BCUT2D eigenvalue weighted by Gasteiger charge is 2.09. The third-order valence-corrected chi connectivity index (χ3v) is 3.38. The zero-order valence-electron chi connectivity index (χ0n) is 13.1. The van der Waals surface area contributed by atoms with Crippen molar-refractivity contribution in [3.05, 3.63) is 82.8 Å². The Bertz CT molecular complexity index is 920.